The van der Waals surface area contributed by atoms with Crippen LogP contribution < -0.4 is 4.74 Å². The highest BCUT2D eigenvalue weighted by atomic mass is 16.6. The fourth-order valence-corrected chi connectivity index (χ4v) is 3.55. The minimum Gasteiger partial charge on any atom is -0.491 e. The first-order chi connectivity index (χ1) is 17.3. The average molecular weight is 472 g/mol. The molecule has 0 radical (unpaired) electrons. The quantitative estimate of drug-likeness (QED) is 0.301. The Labute approximate surface area is 205 Å². The maximum Gasteiger partial charge on any atom is 0.119 e. The van der Waals surface area contributed by atoms with Gasteiger partial charge in [0.15, 0.2) is 0 Å². The van der Waals surface area contributed by atoms with Crippen molar-refractivity contribution < 1.29 is 19.3 Å². The summed E-state index contributed by atoms with van der Waals surface area (Å²) in [6.45, 7) is 3.53. The first kappa shape index (κ1) is 24.5. The van der Waals surface area contributed by atoms with Gasteiger partial charge in [0.25, 0.3) is 0 Å². The van der Waals surface area contributed by atoms with Crippen LogP contribution >= 0.6 is 0 Å². The van der Waals surface area contributed by atoms with E-state index in [9.17, 15) is 5.11 Å². The minimum absolute atomic E-state index is 0.0603. The van der Waals surface area contributed by atoms with E-state index in [0.29, 0.717) is 26.4 Å². The molecule has 0 amide bonds. The molecule has 35 heavy (non-hydrogen) atoms. The third-order valence-corrected chi connectivity index (χ3v) is 5.27. The lowest BCUT2D eigenvalue weighted by atomic mass is 10.0. The van der Waals surface area contributed by atoms with Crippen LogP contribution in [-0.2, 0) is 9.47 Å². The molecular formula is C28H29N3O4. The highest BCUT2D eigenvalue weighted by Crippen LogP contribution is 2.29. The highest BCUT2D eigenvalue weighted by Gasteiger charge is 2.11. The molecule has 1 atom stereocenters. The van der Waals surface area contributed by atoms with Gasteiger partial charge in [-0.3, -0.25) is 9.97 Å². The number of hydrogen-bond donors (Lipinski definition) is 1. The lowest BCUT2D eigenvalue weighted by Gasteiger charge is -2.14. The SMILES string of the molecule is CCOC(CO)COCCOc1ccc(-c2cc(-c3ccccn3)nc(-c3ccccn3)c2)cc1. The number of aliphatic hydroxyl groups excluding tert-OH is 1. The maximum atomic E-state index is 9.23. The lowest BCUT2D eigenvalue weighted by Crippen LogP contribution is -2.25. The van der Waals surface area contributed by atoms with Crippen LogP contribution in [0.15, 0.2) is 85.2 Å². The lowest BCUT2D eigenvalue weighted by molar-refractivity contribution is -0.0419. The molecule has 0 spiro atoms. The Balaban J connectivity index is 1.46. The average Bonchev–Trinajstić information content (AvgIpc) is 2.93. The largest absolute Gasteiger partial charge is 0.491 e. The van der Waals surface area contributed by atoms with Crippen LogP contribution in [0.4, 0.5) is 0 Å². The van der Waals surface area contributed by atoms with Gasteiger partial charge < -0.3 is 19.3 Å². The van der Waals surface area contributed by atoms with Gasteiger partial charge in [0.2, 0.25) is 0 Å². The van der Waals surface area contributed by atoms with E-state index in [1.54, 1.807) is 12.4 Å². The molecule has 7 nitrogen and oxygen atoms in total. The Morgan fingerprint density at radius 3 is 1.97 bits per heavy atom. The summed E-state index contributed by atoms with van der Waals surface area (Å²) < 4.78 is 16.7. The summed E-state index contributed by atoms with van der Waals surface area (Å²) in [5.74, 6) is 0.754. The first-order valence-corrected chi connectivity index (χ1v) is 11.6. The molecule has 7 heteroatoms. The molecule has 3 heterocycles. The molecule has 0 aliphatic rings. The fraction of sp³-hybridized carbons (Fsp3) is 0.250. The molecule has 0 saturated heterocycles. The van der Waals surface area contributed by atoms with E-state index in [0.717, 1.165) is 39.7 Å². The van der Waals surface area contributed by atoms with E-state index in [4.69, 9.17) is 19.2 Å². The number of pyridine rings is 3. The molecule has 3 aromatic heterocycles. The number of hydrogen-bond acceptors (Lipinski definition) is 7. The fourth-order valence-electron chi connectivity index (χ4n) is 3.55. The summed E-state index contributed by atoms with van der Waals surface area (Å²) in [7, 11) is 0. The van der Waals surface area contributed by atoms with Crippen LogP contribution in [0.2, 0.25) is 0 Å². The molecule has 1 unspecified atom stereocenters. The zero-order chi connectivity index (χ0) is 24.3. The molecule has 4 aromatic rings. The molecule has 1 aromatic carbocycles. The van der Waals surface area contributed by atoms with Crippen molar-refractivity contribution in [3.05, 3.63) is 85.2 Å². The van der Waals surface area contributed by atoms with Gasteiger partial charge in [0, 0.05) is 19.0 Å². The second-order valence-corrected chi connectivity index (χ2v) is 7.76. The number of ether oxygens (including phenoxy) is 3. The van der Waals surface area contributed by atoms with Crippen molar-refractivity contribution in [2.45, 2.75) is 13.0 Å². The van der Waals surface area contributed by atoms with Crippen molar-refractivity contribution >= 4 is 0 Å². The van der Waals surface area contributed by atoms with Crippen LogP contribution in [-0.4, -0.2) is 59.2 Å². The normalized spacial score (nSPS) is 11.8. The summed E-state index contributed by atoms with van der Waals surface area (Å²) in [6.07, 6.45) is 3.23. The third kappa shape index (κ3) is 6.93. The van der Waals surface area contributed by atoms with E-state index < -0.39 is 0 Å². The van der Waals surface area contributed by atoms with Gasteiger partial charge in [0.05, 0.1) is 42.6 Å². The van der Waals surface area contributed by atoms with Gasteiger partial charge in [0.1, 0.15) is 18.5 Å². The minimum atomic E-state index is -0.299. The van der Waals surface area contributed by atoms with Gasteiger partial charge in [-0.2, -0.15) is 0 Å². The Hall–Kier alpha value is -3.65. The van der Waals surface area contributed by atoms with Crippen molar-refractivity contribution in [1.82, 2.24) is 15.0 Å². The summed E-state index contributed by atoms with van der Waals surface area (Å²) in [4.78, 5) is 13.8. The van der Waals surface area contributed by atoms with Crippen LogP contribution in [0.5, 0.6) is 5.75 Å². The van der Waals surface area contributed by atoms with E-state index in [1.807, 2.05) is 79.7 Å². The van der Waals surface area contributed by atoms with E-state index >= 15 is 0 Å². The number of aliphatic hydroxyl groups is 1. The third-order valence-electron chi connectivity index (χ3n) is 5.27. The molecule has 0 bridgehead atoms. The zero-order valence-corrected chi connectivity index (χ0v) is 19.7. The number of rotatable bonds is 12. The number of nitrogens with zero attached hydrogens (tertiary/aromatic N) is 3. The van der Waals surface area contributed by atoms with E-state index in [1.165, 1.54) is 0 Å². The van der Waals surface area contributed by atoms with Crippen LogP contribution in [0.1, 0.15) is 6.92 Å². The molecule has 4 rings (SSSR count). The highest BCUT2D eigenvalue weighted by molar-refractivity contribution is 5.74. The van der Waals surface area contributed by atoms with Crippen molar-refractivity contribution in [1.29, 1.82) is 0 Å². The Morgan fingerprint density at radius 2 is 1.43 bits per heavy atom. The Morgan fingerprint density at radius 1 is 0.771 bits per heavy atom. The van der Waals surface area contributed by atoms with Crippen molar-refractivity contribution in [2.24, 2.45) is 0 Å². The van der Waals surface area contributed by atoms with E-state index in [-0.39, 0.29) is 12.7 Å². The van der Waals surface area contributed by atoms with Gasteiger partial charge >= 0.3 is 0 Å². The Kier molecular flexibility index (Phi) is 8.89. The van der Waals surface area contributed by atoms with Gasteiger partial charge in [-0.05, 0) is 66.6 Å². The van der Waals surface area contributed by atoms with Crippen molar-refractivity contribution in [2.75, 3.05) is 33.0 Å². The predicted octanol–water partition coefficient (Wildman–Crippen LogP) is 4.67. The van der Waals surface area contributed by atoms with Crippen molar-refractivity contribution in [3.63, 3.8) is 0 Å². The standard InChI is InChI=1S/C28H29N3O4/c1-2-34-24(19-32)20-33-15-16-35-23-11-9-21(10-12-23)22-17-27(25-7-3-5-13-29-25)31-28(18-22)26-8-4-6-14-30-26/h3-14,17-18,24,32H,2,15-16,19-20H2,1H3. The maximum absolute atomic E-state index is 9.23. The van der Waals surface area contributed by atoms with Gasteiger partial charge in [-0.1, -0.05) is 24.3 Å². The summed E-state index contributed by atoms with van der Waals surface area (Å²) in [6, 6.07) is 23.6. The summed E-state index contributed by atoms with van der Waals surface area (Å²) >= 11 is 0. The molecule has 180 valence electrons. The smallest absolute Gasteiger partial charge is 0.119 e. The summed E-state index contributed by atoms with van der Waals surface area (Å²) in [5.41, 5.74) is 5.23. The van der Waals surface area contributed by atoms with Crippen LogP contribution in [0.3, 0.4) is 0 Å². The molecule has 0 fully saturated rings. The number of aromatic nitrogens is 3. The predicted molar refractivity (Wildman–Crippen MR) is 135 cm³/mol. The second kappa shape index (κ2) is 12.7. The topological polar surface area (TPSA) is 86.6 Å². The monoisotopic (exact) mass is 471 g/mol. The molecule has 0 aliphatic heterocycles. The van der Waals surface area contributed by atoms with Gasteiger partial charge in [-0.15, -0.1) is 0 Å². The molecule has 0 saturated carbocycles. The Bertz CT molecular complexity index is 1110. The summed E-state index contributed by atoms with van der Waals surface area (Å²) in [5, 5.41) is 9.23. The molecular weight excluding hydrogens is 442 g/mol. The molecule has 1 N–H and O–H groups in total. The zero-order valence-electron chi connectivity index (χ0n) is 19.7. The van der Waals surface area contributed by atoms with Crippen molar-refractivity contribution in [3.8, 4) is 39.7 Å². The van der Waals surface area contributed by atoms with Gasteiger partial charge in [-0.25, -0.2) is 4.98 Å². The van der Waals surface area contributed by atoms with E-state index in [2.05, 4.69) is 9.97 Å². The first-order valence-electron chi connectivity index (χ1n) is 11.6. The van der Waals surface area contributed by atoms with Crippen LogP contribution in [0, 0.1) is 0 Å². The molecule has 0 aliphatic carbocycles. The van der Waals surface area contributed by atoms with Crippen LogP contribution in [0.25, 0.3) is 33.9 Å². The second-order valence-electron chi connectivity index (χ2n) is 7.76. The number of benzene rings is 1.